The van der Waals surface area contributed by atoms with Gasteiger partial charge in [0.25, 0.3) is 0 Å². The first kappa shape index (κ1) is 21.3. The van der Waals surface area contributed by atoms with Crippen molar-refractivity contribution in [3.63, 3.8) is 0 Å². The predicted octanol–water partition coefficient (Wildman–Crippen LogP) is 2.61. The minimum Gasteiger partial charge on any atom is -0.444 e. The van der Waals surface area contributed by atoms with E-state index >= 15 is 0 Å². The molecule has 146 valence electrons. The van der Waals surface area contributed by atoms with Crippen LogP contribution in [0, 0.1) is 0 Å². The summed E-state index contributed by atoms with van der Waals surface area (Å²) in [6.07, 6.45) is -5.55. The van der Waals surface area contributed by atoms with Crippen molar-refractivity contribution in [3.8, 4) is 0 Å². The van der Waals surface area contributed by atoms with Crippen LogP contribution in [-0.2, 0) is 9.47 Å². The predicted molar refractivity (Wildman–Crippen MR) is 83.9 cm³/mol. The summed E-state index contributed by atoms with van der Waals surface area (Å²) in [5.74, 6) is 0. The third-order valence-electron chi connectivity index (χ3n) is 3.44. The van der Waals surface area contributed by atoms with Gasteiger partial charge in [-0.3, -0.25) is 4.90 Å². The highest BCUT2D eigenvalue weighted by molar-refractivity contribution is 5.74. The van der Waals surface area contributed by atoms with Crippen molar-refractivity contribution < 1.29 is 32.2 Å². The quantitative estimate of drug-likeness (QED) is 0.801. The van der Waals surface area contributed by atoms with Crippen molar-refractivity contribution in [2.75, 3.05) is 13.1 Å². The largest absolute Gasteiger partial charge is 0.444 e. The van der Waals surface area contributed by atoms with Crippen molar-refractivity contribution in [2.24, 2.45) is 0 Å². The van der Waals surface area contributed by atoms with E-state index in [1.54, 1.807) is 46.9 Å². The summed E-state index contributed by atoms with van der Waals surface area (Å²) >= 11 is 0. The SMILES string of the molecule is C[C@@H]1OC(C)(C)N(C(=O)OC(C)(C)C)[C@@H]1CNC(=O)NCC(F)(F)F. The van der Waals surface area contributed by atoms with Gasteiger partial charge < -0.3 is 20.1 Å². The van der Waals surface area contributed by atoms with Crippen molar-refractivity contribution in [3.05, 3.63) is 0 Å². The number of nitrogens with one attached hydrogen (secondary N) is 2. The van der Waals surface area contributed by atoms with Crippen LogP contribution in [0.15, 0.2) is 0 Å². The summed E-state index contributed by atoms with van der Waals surface area (Å²) in [4.78, 5) is 25.4. The van der Waals surface area contributed by atoms with Crippen LogP contribution in [0.3, 0.4) is 0 Å². The molecule has 1 aliphatic rings. The molecule has 2 N–H and O–H groups in total. The lowest BCUT2D eigenvalue weighted by Gasteiger charge is -2.35. The maximum atomic E-state index is 12.5. The van der Waals surface area contributed by atoms with E-state index < -0.39 is 48.3 Å². The van der Waals surface area contributed by atoms with Crippen LogP contribution in [0.4, 0.5) is 22.8 Å². The van der Waals surface area contributed by atoms with Crippen molar-refractivity contribution in [1.29, 1.82) is 0 Å². The Morgan fingerprint density at radius 2 is 1.76 bits per heavy atom. The van der Waals surface area contributed by atoms with E-state index in [2.05, 4.69) is 5.32 Å². The van der Waals surface area contributed by atoms with Crippen LogP contribution >= 0.6 is 0 Å². The second-order valence-corrected chi connectivity index (χ2v) is 7.37. The molecule has 7 nitrogen and oxygen atoms in total. The smallest absolute Gasteiger partial charge is 0.412 e. The average Bonchev–Trinajstić information content (AvgIpc) is 2.59. The average molecular weight is 369 g/mol. The highest BCUT2D eigenvalue weighted by Gasteiger charge is 2.49. The lowest BCUT2D eigenvalue weighted by atomic mass is 10.1. The number of ether oxygens (including phenoxy) is 2. The van der Waals surface area contributed by atoms with Gasteiger partial charge in [0.1, 0.15) is 17.9 Å². The van der Waals surface area contributed by atoms with Crippen LogP contribution in [0.25, 0.3) is 0 Å². The first-order valence-corrected chi connectivity index (χ1v) is 7.91. The first-order chi connectivity index (χ1) is 11.1. The lowest BCUT2D eigenvalue weighted by Crippen LogP contribution is -2.54. The fourth-order valence-electron chi connectivity index (χ4n) is 2.56. The van der Waals surface area contributed by atoms with Crippen LogP contribution in [-0.4, -0.2) is 59.8 Å². The number of nitrogens with zero attached hydrogens (tertiary/aromatic N) is 1. The first-order valence-electron chi connectivity index (χ1n) is 7.91. The third kappa shape index (κ3) is 6.60. The molecule has 1 aliphatic heterocycles. The molecule has 0 aromatic rings. The highest BCUT2D eigenvalue weighted by atomic mass is 19.4. The fraction of sp³-hybridized carbons (Fsp3) is 0.867. The zero-order valence-corrected chi connectivity index (χ0v) is 15.3. The molecule has 0 unspecified atom stereocenters. The van der Waals surface area contributed by atoms with Crippen LogP contribution in [0.2, 0.25) is 0 Å². The van der Waals surface area contributed by atoms with E-state index in [1.165, 1.54) is 4.90 Å². The molecule has 0 bridgehead atoms. The molecule has 0 spiro atoms. The Morgan fingerprint density at radius 3 is 2.24 bits per heavy atom. The van der Waals surface area contributed by atoms with E-state index in [0.29, 0.717) is 0 Å². The Labute approximate surface area is 145 Å². The van der Waals surface area contributed by atoms with Crippen LogP contribution in [0.1, 0.15) is 41.5 Å². The molecule has 3 amide bonds. The number of alkyl halides is 3. The summed E-state index contributed by atoms with van der Waals surface area (Å²) in [5, 5.41) is 4.05. The second kappa shape index (κ2) is 7.27. The molecule has 1 fully saturated rings. The molecule has 0 aromatic carbocycles. The molecule has 1 rings (SSSR count). The molecule has 1 saturated heterocycles. The van der Waals surface area contributed by atoms with E-state index in [-0.39, 0.29) is 6.54 Å². The molecular formula is C15H26F3N3O4. The highest BCUT2D eigenvalue weighted by Crippen LogP contribution is 2.33. The molecule has 2 atom stereocenters. The summed E-state index contributed by atoms with van der Waals surface area (Å²) in [6, 6.07) is -1.56. The van der Waals surface area contributed by atoms with Crippen molar-refractivity contribution >= 4 is 12.1 Å². The number of halogens is 3. The number of hydrogen-bond donors (Lipinski definition) is 2. The Balaban J connectivity index is 2.74. The zero-order chi connectivity index (χ0) is 19.6. The Kier molecular flexibility index (Phi) is 6.20. The summed E-state index contributed by atoms with van der Waals surface area (Å²) in [7, 11) is 0. The summed E-state index contributed by atoms with van der Waals surface area (Å²) < 4.78 is 47.4. The number of hydrogen-bond acceptors (Lipinski definition) is 4. The Hall–Kier alpha value is -1.71. The molecule has 0 aromatic heterocycles. The standard InChI is InChI=1S/C15H26F3N3O4/c1-9-10(7-19-11(22)20-8-15(16,17)18)21(14(5,6)24-9)12(23)25-13(2,3)4/h9-10H,7-8H2,1-6H3,(H2,19,20,22)/t9-,10+/m0/s1. The van der Waals surface area contributed by atoms with Gasteiger partial charge in [0.05, 0.1) is 12.1 Å². The lowest BCUT2D eigenvalue weighted by molar-refractivity contribution is -0.122. The van der Waals surface area contributed by atoms with Gasteiger partial charge in [0.2, 0.25) is 0 Å². The zero-order valence-electron chi connectivity index (χ0n) is 15.3. The maximum Gasteiger partial charge on any atom is 0.412 e. The maximum absolute atomic E-state index is 12.5. The Morgan fingerprint density at radius 1 is 1.20 bits per heavy atom. The number of amides is 3. The van der Waals surface area contributed by atoms with Crippen molar-refractivity contribution in [2.45, 2.75) is 71.2 Å². The van der Waals surface area contributed by atoms with Gasteiger partial charge in [-0.2, -0.15) is 13.2 Å². The van der Waals surface area contributed by atoms with E-state index in [1.807, 2.05) is 0 Å². The van der Waals surface area contributed by atoms with Crippen molar-refractivity contribution in [1.82, 2.24) is 15.5 Å². The van der Waals surface area contributed by atoms with Gasteiger partial charge >= 0.3 is 18.3 Å². The number of carbonyl (C=O) groups is 2. The molecule has 0 aliphatic carbocycles. The second-order valence-electron chi connectivity index (χ2n) is 7.37. The monoisotopic (exact) mass is 369 g/mol. The summed E-state index contributed by atoms with van der Waals surface area (Å²) in [5.41, 5.74) is -1.70. The topological polar surface area (TPSA) is 79.9 Å². The minimum atomic E-state index is -4.49. The normalized spacial score (nSPS) is 23.3. The van der Waals surface area contributed by atoms with Crippen LogP contribution in [0.5, 0.6) is 0 Å². The van der Waals surface area contributed by atoms with Gasteiger partial charge in [-0.1, -0.05) is 0 Å². The number of carbonyl (C=O) groups excluding carboxylic acids is 2. The molecule has 25 heavy (non-hydrogen) atoms. The molecular weight excluding hydrogens is 343 g/mol. The van der Waals surface area contributed by atoms with E-state index in [4.69, 9.17) is 9.47 Å². The summed E-state index contributed by atoms with van der Waals surface area (Å²) in [6.45, 7) is 8.72. The van der Waals surface area contributed by atoms with Gasteiger partial charge in [0, 0.05) is 6.54 Å². The van der Waals surface area contributed by atoms with Gasteiger partial charge in [-0.15, -0.1) is 0 Å². The Bertz CT molecular complexity index is 503. The molecule has 0 radical (unpaired) electrons. The van der Waals surface area contributed by atoms with Gasteiger partial charge in [-0.05, 0) is 41.5 Å². The van der Waals surface area contributed by atoms with E-state index in [0.717, 1.165) is 0 Å². The fourth-order valence-corrected chi connectivity index (χ4v) is 2.56. The number of urea groups is 1. The minimum absolute atomic E-state index is 0.0759. The van der Waals surface area contributed by atoms with Crippen LogP contribution < -0.4 is 10.6 Å². The van der Waals surface area contributed by atoms with Gasteiger partial charge in [-0.25, -0.2) is 9.59 Å². The molecule has 10 heteroatoms. The molecule has 0 saturated carbocycles. The third-order valence-corrected chi connectivity index (χ3v) is 3.44. The van der Waals surface area contributed by atoms with E-state index in [9.17, 15) is 22.8 Å². The number of rotatable bonds is 3. The van der Waals surface area contributed by atoms with Gasteiger partial charge in [0.15, 0.2) is 0 Å². The molecule has 1 heterocycles.